The second kappa shape index (κ2) is 6.24. The Morgan fingerprint density at radius 3 is 2.57 bits per heavy atom. The molecule has 2 N–H and O–H groups in total. The first-order chi connectivity index (χ1) is 13.6. The summed E-state index contributed by atoms with van der Waals surface area (Å²) in [7, 11) is 0. The highest BCUT2D eigenvalue weighted by molar-refractivity contribution is 6.30. The number of fused-ring (bicyclic) bond motifs is 2. The molecule has 1 unspecified atom stereocenters. The molecule has 0 radical (unpaired) electrons. The molecule has 28 heavy (non-hydrogen) atoms. The lowest BCUT2D eigenvalue weighted by Crippen LogP contribution is -2.29. The maximum Gasteiger partial charge on any atom is 0.288 e. The van der Waals surface area contributed by atoms with Gasteiger partial charge in [0.15, 0.2) is 0 Å². The zero-order chi connectivity index (χ0) is 19.3. The van der Waals surface area contributed by atoms with Gasteiger partial charge in [0.1, 0.15) is 17.5 Å². The van der Waals surface area contributed by atoms with Crippen LogP contribution in [0.15, 0.2) is 53.3 Å². The minimum atomic E-state index is -0.567. The predicted octanol–water partition coefficient (Wildman–Crippen LogP) is 2.91. The van der Waals surface area contributed by atoms with Gasteiger partial charge in [0, 0.05) is 16.1 Å². The molecule has 138 valence electrons. The Morgan fingerprint density at radius 2 is 1.82 bits per heavy atom. The monoisotopic (exact) mass is 395 g/mol. The first-order valence-electron chi connectivity index (χ1n) is 8.30. The van der Waals surface area contributed by atoms with Crippen LogP contribution in [0.25, 0.3) is 11.3 Å². The van der Waals surface area contributed by atoms with Gasteiger partial charge in [-0.2, -0.15) is 9.78 Å². The lowest BCUT2D eigenvalue weighted by Gasteiger charge is -2.27. The van der Waals surface area contributed by atoms with Gasteiger partial charge in [0.25, 0.3) is 5.56 Å². The van der Waals surface area contributed by atoms with Crippen molar-refractivity contribution in [2.24, 2.45) is 0 Å². The fraction of sp³-hybridized carbons (Fsp3) is 0.0556. The number of aromatic amines is 1. The maximum atomic E-state index is 13.5. The summed E-state index contributed by atoms with van der Waals surface area (Å²) in [5.41, 5.74) is 2.46. The van der Waals surface area contributed by atoms with E-state index in [1.54, 1.807) is 36.4 Å². The van der Waals surface area contributed by atoms with Crippen LogP contribution in [0.3, 0.4) is 0 Å². The Bertz CT molecular complexity index is 1230. The van der Waals surface area contributed by atoms with Gasteiger partial charge in [0.05, 0.1) is 5.69 Å². The standard InChI is InChI=1S/C18H11ClFN7O/c19-11-5-1-9(2-6-11)14-13-15(17(28)23-22-14)21-18-24-25-26-27(18)16(13)10-3-7-12(20)8-4-10/h1-8,16H,(H,23,28)(H,21,24,26). The van der Waals surface area contributed by atoms with Gasteiger partial charge in [-0.25, -0.2) is 9.49 Å². The number of nitrogens with zero attached hydrogens (tertiary/aromatic N) is 5. The van der Waals surface area contributed by atoms with Gasteiger partial charge >= 0.3 is 0 Å². The Balaban J connectivity index is 1.81. The van der Waals surface area contributed by atoms with Crippen LogP contribution in [-0.2, 0) is 0 Å². The summed E-state index contributed by atoms with van der Waals surface area (Å²) in [4.78, 5) is 12.5. The zero-order valence-corrected chi connectivity index (χ0v) is 14.9. The summed E-state index contributed by atoms with van der Waals surface area (Å²) < 4.78 is 15.0. The smallest absolute Gasteiger partial charge is 0.288 e. The normalized spacial score (nSPS) is 14.9. The summed E-state index contributed by atoms with van der Waals surface area (Å²) in [6.45, 7) is 0. The van der Waals surface area contributed by atoms with E-state index in [-0.39, 0.29) is 11.5 Å². The highest BCUT2D eigenvalue weighted by Gasteiger charge is 2.34. The Hall–Kier alpha value is -3.59. The van der Waals surface area contributed by atoms with Crippen molar-refractivity contribution in [1.82, 2.24) is 30.4 Å². The minimum absolute atomic E-state index is 0.288. The third-order valence-electron chi connectivity index (χ3n) is 4.57. The first-order valence-corrected chi connectivity index (χ1v) is 8.68. The summed E-state index contributed by atoms with van der Waals surface area (Å²) >= 11 is 6.00. The fourth-order valence-electron chi connectivity index (χ4n) is 3.32. The molecular weight excluding hydrogens is 385 g/mol. The van der Waals surface area contributed by atoms with Crippen molar-refractivity contribution in [3.05, 3.63) is 80.9 Å². The number of aromatic nitrogens is 6. The first kappa shape index (κ1) is 16.6. The topological polar surface area (TPSA) is 101 Å². The van der Waals surface area contributed by atoms with Gasteiger partial charge < -0.3 is 5.32 Å². The number of hydrogen-bond donors (Lipinski definition) is 2. The van der Waals surface area contributed by atoms with Crippen LogP contribution in [-0.4, -0.2) is 30.4 Å². The van der Waals surface area contributed by atoms with E-state index in [9.17, 15) is 9.18 Å². The number of halogens is 2. The van der Waals surface area contributed by atoms with E-state index < -0.39 is 11.6 Å². The predicted molar refractivity (Wildman–Crippen MR) is 100 cm³/mol. The van der Waals surface area contributed by atoms with Crippen LogP contribution in [0.5, 0.6) is 0 Å². The van der Waals surface area contributed by atoms with Gasteiger partial charge in [-0.15, -0.1) is 0 Å². The second-order valence-corrected chi connectivity index (χ2v) is 6.66. The lowest BCUT2D eigenvalue weighted by atomic mass is 9.92. The van der Waals surface area contributed by atoms with Crippen LogP contribution < -0.4 is 10.9 Å². The number of H-pyrrole nitrogens is 1. The molecule has 0 fully saturated rings. The molecule has 0 spiro atoms. The highest BCUT2D eigenvalue weighted by Crippen LogP contribution is 2.41. The molecule has 0 bridgehead atoms. The van der Waals surface area contributed by atoms with Crippen molar-refractivity contribution in [3.63, 3.8) is 0 Å². The van der Waals surface area contributed by atoms with Crippen LogP contribution in [0.1, 0.15) is 17.2 Å². The van der Waals surface area contributed by atoms with E-state index in [0.29, 0.717) is 27.8 Å². The molecule has 2 aromatic carbocycles. The molecule has 0 amide bonds. The van der Waals surface area contributed by atoms with Gasteiger partial charge in [-0.3, -0.25) is 4.79 Å². The van der Waals surface area contributed by atoms with Crippen LogP contribution in [0, 0.1) is 5.82 Å². The summed E-state index contributed by atoms with van der Waals surface area (Å²) in [6.07, 6.45) is 0. The van der Waals surface area contributed by atoms with Crippen molar-refractivity contribution in [3.8, 4) is 11.3 Å². The molecule has 1 aliphatic heterocycles. The molecule has 1 aliphatic rings. The Morgan fingerprint density at radius 1 is 1.07 bits per heavy atom. The number of rotatable bonds is 2. The van der Waals surface area contributed by atoms with Crippen molar-refractivity contribution in [1.29, 1.82) is 0 Å². The molecule has 2 aromatic heterocycles. The molecule has 1 atom stereocenters. The second-order valence-electron chi connectivity index (χ2n) is 6.22. The third-order valence-corrected chi connectivity index (χ3v) is 4.82. The van der Waals surface area contributed by atoms with Crippen molar-refractivity contribution in [2.45, 2.75) is 6.04 Å². The summed E-state index contributed by atoms with van der Waals surface area (Å²) in [5.74, 6) is -0.0580. The van der Waals surface area contributed by atoms with E-state index in [0.717, 1.165) is 5.56 Å². The molecule has 0 saturated carbocycles. The number of benzene rings is 2. The van der Waals surface area contributed by atoms with Crippen molar-refractivity contribution < 1.29 is 4.39 Å². The number of hydrogen-bond acceptors (Lipinski definition) is 6. The maximum absolute atomic E-state index is 13.5. The Kier molecular flexibility index (Phi) is 3.69. The molecular formula is C18H11ClFN7O. The molecule has 5 rings (SSSR count). The number of tetrazole rings is 1. The van der Waals surface area contributed by atoms with Crippen molar-refractivity contribution >= 4 is 23.2 Å². The number of anilines is 2. The Labute approximate surface area is 162 Å². The zero-order valence-electron chi connectivity index (χ0n) is 14.1. The molecule has 10 heteroatoms. The summed E-state index contributed by atoms with van der Waals surface area (Å²) in [6, 6.07) is 12.5. The molecule has 8 nitrogen and oxygen atoms in total. The SMILES string of the molecule is O=c1[nH]nc(-c2ccc(Cl)cc2)c2c1Nc1nnnn1C2c1ccc(F)cc1. The largest absolute Gasteiger partial charge is 0.318 e. The average Bonchev–Trinajstić information content (AvgIpc) is 3.17. The molecule has 4 aromatic rings. The molecule has 0 aliphatic carbocycles. The average molecular weight is 396 g/mol. The van der Waals surface area contributed by atoms with Crippen LogP contribution in [0.2, 0.25) is 5.02 Å². The summed E-state index contributed by atoms with van der Waals surface area (Å²) in [5, 5.41) is 22.0. The van der Waals surface area contributed by atoms with E-state index in [4.69, 9.17) is 11.6 Å². The molecule has 0 saturated heterocycles. The van der Waals surface area contributed by atoms with Gasteiger partial charge in [-0.1, -0.05) is 41.0 Å². The lowest BCUT2D eigenvalue weighted by molar-refractivity contribution is 0.564. The number of nitrogens with one attached hydrogen (secondary N) is 2. The van der Waals surface area contributed by atoms with Gasteiger partial charge in [0.2, 0.25) is 5.95 Å². The fourth-order valence-corrected chi connectivity index (χ4v) is 3.44. The highest BCUT2D eigenvalue weighted by atomic mass is 35.5. The quantitative estimate of drug-likeness (QED) is 0.476. The van der Waals surface area contributed by atoms with E-state index in [1.165, 1.54) is 16.8 Å². The van der Waals surface area contributed by atoms with E-state index in [1.807, 2.05) is 0 Å². The molecule has 3 heterocycles. The van der Waals surface area contributed by atoms with Crippen LogP contribution in [0.4, 0.5) is 16.0 Å². The minimum Gasteiger partial charge on any atom is -0.318 e. The van der Waals surface area contributed by atoms with E-state index in [2.05, 4.69) is 31.0 Å². The van der Waals surface area contributed by atoms with Crippen LogP contribution >= 0.6 is 11.6 Å². The van der Waals surface area contributed by atoms with Gasteiger partial charge in [-0.05, 0) is 40.3 Å². The third kappa shape index (κ3) is 2.55. The van der Waals surface area contributed by atoms with E-state index >= 15 is 0 Å². The van der Waals surface area contributed by atoms with Crippen molar-refractivity contribution in [2.75, 3.05) is 5.32 Å².